The molecule has 2 aliphatic rings. The van der Waals surface area contributed by atoms with Gasteiger partial charge in [-0.15, -0.1) is 5.10 Å². The lowest BCUT2D eigenvalue weighted by atomic mass is 9.63. The zero-order valence-electron chi connectivity index (χ0n) is 18.4. The van der Waals surface area contributed by atoms with E-state index in [-0.39, 0.29) is 47.4 Å². The SMILES string of the molecule is C/C=C\C(=C/C)C1CCCN(Cc2cc(F)c(C3(c4n[nH]c(=O)o4)CC(=O)C3)cc2F)S1=O. The number of nitrogens with zero attached hydrogens (tertiary/aromatic N) is 2. The highest BCUT2D eigenvalue weighted by Crippen LogP contribution is 2.47. The first-order chi connectivity index (χ1) is 15.8. The minimum atomic E-state index is -1.39. The van der Waals surface area contributed by atoms with E-state index in [1.165, 1.54) is 0 Å². The minimum absolute atomic E-state index is 0.0115. The van der Waals surface area contributed by atoms with Gasteiger partial charge in [0.25, 0.3) is 0 Å². The normalized spacial score (nSPS) is 23.8. The predicted octanol–water partition coefficient (Wildman–Crippen LogP) is 3.44. The van der Waals surface area contributed by atoms with Gasteiger partial charge in [0.1, 0.15) is 28.4 Å². The molecule has 0 spiro atoms. The Morgan fingerprint density at radius 1 is 1.30 bits per heavy atom. The molecule has 4 rings (SSSR count). The Bertz CT molecular complexity index is 1210. The van der Waals surface area contributed by atoms with E-state index in [0.717, 1.165) is 30.5 Å². The standard InChI is InChI=1S/C23H25F2N3O4S/c1-3-6-14(4-2)20-7-5-8-28(33(20)31)13-15-9-19(25)17(10-18(15)24)23(11-16(29)12-23)21-26-27-22(30)32-21/h3-4,6,9-10,20H,5,7-8,11-13H2,1-2H3,(H,27,30)/b6-3-,14-4+. The number of nitrogens with one attached hydrogen (secondary N) is 1. The fourth-order valence-corrected chi connectivity index (χ4v) is 6.36. The first kappa shape index (κ1) is 23.4. The van der Waals surface area contributed by atoms with Crippen LogP contribution in [0.4, 0.5) is 8.78 Å². The van der Waals surface area contributed by atoms with Crippen LogP contribution in [0.2, 0.25) is 0 Å². The van der Waals surface area contributed by atoms with Gasteiger partial charge >= 0.3 is 5.76 Å². The van der Waals surface area contributed by atoms with Crippen molar-refractivity contribution >= 4 is 16.8 Å². The molecule has 176 valence electrons. The highest BCUT2D eigenvalue weighted by Gasteiger charge is 2.52. The average Bonchev–Trinajstić information content (AvgIpc) is 3.20. The lowest BCUT2D eigenvalue weighted by molar-refractivity contribution is -0.127. The van der Waals surface area contributed by atoms with Gasteiger partial charge in [-0.05, 0) is 44.4 Å². The second-order valence-corrected chi connectivity index (χ2v) is 10.0. The summed E-state index contributed by atoms with van der Waals surface area (Å²) in [5, 5.41) is 5.67. The van der Waals surface area contributed by atoms with E-state index < -0.39 is 33.8 Å². The highest BCUT2D eigenvalue weighted by molar-refractivity contribution is 7.83. The van der Waals surface area contributed by atoms with E-state index in [9.17, 15) is 13.8 Å². The zero-order valence-corrected chi connectivity index (χ0v) is 19.2. The van der Waals surface area contributed by atoms with E-state index >= 15 is 8.78 Å². The first-order valence-corrected chi connectivity index (χ1v) is 12.0. The van der Waals surface area contributed by atoms with E-state index in [1.54, 1.807) is 4.31 Å². The van der Waals surface area contributed by atoms with Crippen LogP contribution in [0.3, 0.4) is 0 Å². The second kappa shape index (κ2) is 9.26. The predicted molar refractivity (Wildman–Crippen MR) is 119 cm³/mol. The van der Waals surface area contributed by atoms with E-state index in [2.05, 4.69) is 10.2 Å². The second-order valence-electron chi connectivity index (χ2n) is 8.38. The summed E-state index contributed by atoms with van der Waals surface area (Å²) in [5.41, 5.74) is -0.366. The Hall–Kier alpha value is -2.72. The maximum atomic E-state index is 15.2. The lowest BCUT2D eigenvalue weighted by Gasteiger charge is -2.38. The molecule has 0 radical (unpaired) electrons. The summed E-state index contributed by atoms with van der Waals surface area (Å²) in [7, 11) is -1.39. The molecule has 1 aromatic carbocycles. The summed E-state index contributed by atoms with van der Waals surface area (Å²) in [4.78, 5) is 23.2. The van der Waals surface area contributed by atoms with Crippen LogP contribution >= 0.6 is 0 Å². The van der Waals surface area contributed by atoms with Gasteiger partial charge in [0.05, 0.1) is 10.7 Å². The van der Waals surface area contributed by atoms with Gasteiger partial charge < -0.3 is 4.42 Å². The molecule has 2 heterocycles. The molecule has 1 N–H and O–H groups in total. The van der Waals surface area contributed by atoms with E-state index in [1.807, 2.05) is 32.1 Å². The number of aromatic nitrogens is 2. The van der Waals surface area contributed by atoms with Crippen molar-refractivity contribution in [2.24, 2.45) is 0 Å². The fraction of sp³-hybridized carbons (Fsp3) is 0.435. The van der Waals surface area contributed by atoms with Crippen molar-refractivity contribution in [1.29, 1.82) is 0 Å². The number of aromatic amines is 1. The maximum Gasteiger partial charge on any atom is 0.434 e. The summed E-state index contributed by atoms with van der Waals surface area (Å²) in [5.74, 6) is -2.54. The molecule has 10 heteroatoms. The van der Waals surface area contributed by atoms with Gasteiger partial charge in [-0.2, -0.15) is 0 Å². The molecule has 1 aromatic heterocycles. The highest BCUT2D eigenvalue weighted by atomic mass is 32.2. The van der Waals surface area contributed by atoms with Crippen molar-refractivity contribution in [2.45, 2.75) is 56.7 Å². The van der Waals surface area contributed by atoms with Crippen molar-refractivity contribution in [3.63, 3.8) is 0 Å². The summed E-state index contributed by atoms with van der Waals surface area (Å²) in [6.45, 7) is 4.28. The molecule has 2 atom stereocenters. The molecule has 0 amide bonds. The van der Waals surface area contributed by atoms with Crippen molar-refractivity contribution in [3.05, 3.63) is 75.1 Å². The van der Waals surface area contributed by atoms with Gasteiger partial charge in [0.15, 0.2) is 0 Å². The van der Waals surface area contributed by atoms with Crippen LogP contribution in [0.5, 0.6) is 0 Å². The molecule has 7 nitrogen and oxygen atoms in total. The molecular weight excluding hydrogens is 452 g/mol. The Kier molecular flexibility index (Phi) is 6.58. The third-order valence-electron chi connectivity index (χ3n) is 6.28. The average molecular weight is 478 g/mol. The molecule has 2 unspecified atom stereocenters. The number of Topliss-reactive ketones (excluding diaryl/α,β-unsaturated/α-hetero) is 1. The number of allylic oxidation sites excluding steroid dienone is 3. The Morgan fingerprint density at radius 2 is 2.06 bits per heavy atom. The molecule has 1 saturated heterocycles. The van der Waals surface area contributed by atoms with Crippen LogP contribution in [0.1, 0.15) is 56.5 Å². The van der Waals surface area contributed by atoms with Crippen LogP contribution in [-0.2, 0) is 27.7 Å². The number of ketones is 1. The number of benzene rings is 1. The van der Waals surface area contributed by atoms with Crippen LogP contribution in [-0.4, -0.2) is 36.3 Å². The minimum Gasteiger partial charge on any atom is -0.391 e. The molecule has 1 aliphatic heterocycles. The van der Waals surface area contributed by atoms with Crippen LogP contribution in [0, 0.1) is 11.6 Å². The number of hydrogen-bond donors (Lipinski definition) is 1. The third kappa shape index (κ3) is 4.29. The smallest absolute Gasteiger partial charge is 0.391 e. The largest absolute Gasteiger partial charge is 0.434 e. The van der Waals surface area contributed by atoms with E-state index in [0.29, 0.717) is 6.54 Å². The Morgan fingerprint density at radius 3 is 2.67 bits per heavy atom. The Balaban J connectivity index is 1.62. The number of carbonyl (C=O) groups is 1. The molecule has 2 aromatic rings. The Labute approximate surface area is 192 Å². The van der Waals surface area contributed by atoms with Crippen molar-refractivity contribution in [3.8, 4) is 0 Å². The molecule has 0 bridgehead atoms. The maximum absolute atomic E-state index is 15.2. The van der Waals surface area contributed by atoms with Crippen molar-refractivity contribution < 1.29 is 22.2 Å². The fourth-order valence-electron chi connectivity index (χ4n) is 4.61. The van der Waals surface area contributed by atoms with Crippen LogP contribution in [0.15, 0.2) is 45.1 Å². The monoisotopic (exact) mass is 477 g/mol. The lowest BCUT2D eigenvalue weighted by Crippen LogP contribution is -2.44. The van der Waals surface area contributed by atoms with Gasteiger partial charge in [0.2, 0.25) is 5.89 Å². The molecular formula is C23H25F2N3O4S. The van der Waals surface area contributed by atoms with Crippen molar-refractivity contribution in [1.82, 2.24) is 14.5 Å². The summed E-state index contributed by atoms with van der Waals surface area (Å²) < 4.78 is 50.2. The number of halogens is 2. The first-order valence-electron chi connectivity index (χ1n) is 10.8. The molecule has 1 saturated carbocycles. The quantitative estimate of drug-likeness (QED) is 0.643. The topological polar surface area (TPSA) is 96.3 Å². The zero-order chi connectivity index (χ0) is 23.8. The summed E-state index contributed by atoms with van der Waals surface area (Å²) >= 11 is 0. The molecule has 1 aliphatic carbocycles. The number of hydrogen-bond acceptors (Lipinski definition) is 5. The summed E-state index contributed by atoms with van der Waals surface area (Å²) in [6.07, 6.45) is 7.02. The van der Waals surface area contributed by atoms with Gasteiger partial charge in [-0.1, -0.05) is 18.2 Å². The number of rotatable bonds is 6. The van der Waals surface area contributed by atoms with Gasteiger partial charge in [-0.25, -0.2) is 27.2 Å². The van der Waals surface area contributed by atoms with Gasteiger partial charge in [-0.3, -0.25) is 4.79 Å². The number of H-pyrrole nitrogens is 1. The summed E-state index contributed by atoms with van der Waals surface area (Å²) in [6, 6.07) is 2.11. The van der Waals surface area contributed by atoms with Crippen LogP contribution < -0.4 is 5.76 Å². The van der Waals surface area contributed by atoms with Gasteiger partial charge in [0, 0.05) is 37.1 Å². The molecule has 2 fully saturated rings. The molecule has 33 heavy (non-hydrogen) atoms. The van der Waals surface area contributed by atoms with Crippen LogP contribution in [0.25, 0.3) is 0 Å². The third-order valence-corrected chi connectivity index (χ3v) is 8.09. The van der Waals surface area contributed by atoms with Crippen molar-refractivity contribution in [2.75, 3.05) is 6.54 Å². The van der Waals surface area contributed by atoms with E-state index in [4.69, 9.17) is 4.42 Å². The number of carbonyl (C=O) groups excluding carboxylic acids is 1.